The van der Waals surface area contributed by atoms with E-state index in [1.807, 2.05) is 0 Å². The molecule has 2 heterocycles. The van der Waals surface area contributed by atoms with Crippen molar-refractivity contribution in [2.24, 2.45) is 11.8 Å². The first kappa shape index (κ1) is 19.9. The molecule has 0 aromatic heterocycles. The van der Waals surface area contributed by atoms with Crippen LogP contribution in [0.1, 0.15) is 65.2 Å². The Labute approximate surface area is 147 Å². The van der Waals surface area contributed by atoms with Crippen LogP contribution in [0.5, 0.6) is 0 Å². The zero-order valence-corrected chi connectivity index (χ0v) is 15.6. The van der Waals surface area contributed by atoms with Crippen molar-refractivity contribution in [1.82, 2.24) is 0 Å². The second-order valence-electron chi connectivity index (χ2n) is 7.14. The number of ether oxygens (including phenoxy) is 4. The van der Waals surface area contributed by atoms with Gasteiger partial charge in [-0.25, -0.2) is 0 Å². The molecule has 2 fully saturated rings. The lowest BCUT2D eigenvalue weighted by Crippen LogP contribution is -2.35. The van der Waals surface area contributed by atoms with Gasteiger partial charge in [0.05, 0.1) is 26.4 Å². The molecule has 0 atom stereocenters. The van der Waals surface area contributed by atoms with Gasteiger partial charge < -0.3 is 18.9 Å². The van der Waals surface area contributed by atoms with Crippen LogP contribution in [-0.2, 0) is 18.9 Å². The molecule has 2 aliphatic rings. The summed E-state index contributed by atoms with van der Waals surface area (Å²) in [4.78, 5) is 0. The van der Waals surface area contributed by atoms with Crippen LogP contribution in [0.3, 0.4) is 0 Å². The van der Waals surface area contributed by atoms with Crippen LogP contribution in [0.15, 0.2) is 12.2 Å². The topological polar surface area (TPSA) is 36.9 Å². The minimum absolute atomic E-state index is 0.0212. The Bertz CT molecular complexity index is 329. The molecule has 24 heavy (non-hydrogen) atoms. The molecular formula is C20H36O4. The third-order valence-corrected chi connectivity index (χ3v) is 4.90. The van der Waals surface area contributed by atoms with Gasteiger partial charge in [0.2, 0.25) is 0 Å². The quantitative estimate of drug-likeness (QED) is 0.427. The summed E-state index contributed by atoms with van der Waals surface area (Å²) < 4.78 is 23.4. The average Bonchev–Trinajstić information content (AvgIpc) is 2.63. The molecule has 140 valence electrons. The van der Waals surface area contributed by atoms with Crippen molar-refractivity contribution in [3.63, 3.8) is 0 Å². The maximum Gasteiger partial charge on any atom is 0.157 e. The lowest BCUT2D eigenvalue weighted by atomic mass is 10.0. The van der Waals surface area contributed by atoms with Crippen LogP contribution in [0, 0.1) is 11.8 Å². The highest BCUT2D eigenvalue weighted by Gasteiger charge is 2.25. The fourth-order valence-corrected chi connectivity index (χ4v) is 3.26. The molecule has 2 aliphatic heterocycles. The van der Waals surface area contributed by atoms with E-state index in [2.05, 4.69) is 26.0 Å². The lowest BCUT2D eigenvalue weighted by molar-refractivity contribution is -0.219. The van der Waals surface area contributed by atoms with Crippen molar-refractivity contribution in [1.29, 1.82) is 0 Å². The number of rotatable bonds is 10. The monoisotopic (exact) mass is 340 g/mol. The Morgan fingerprint density at radius 2 is 1.33 bits per heavy atom. The molecular weight excluding hydrogens is 304 g/mol. The van der Waals surface area contributed by atoms with Gasteiger partial charge in [-0.3, -0.25) is 0 Å². The van der Waals surface area contributed by atoms with Gasteiger partial charge in [-0.15, -0.1) is 0 Å². The minimum atomic E-state index is -0.0368. The summed E-state index contributed by atoms with van der Waals surface area (Å²) in [5.41, 5.74) is 0. The van der Waals surface area contributed by atoms with E-state index in [0.29, 0.717) is 11.8 Å². The van der Waals surface area contributed by atoms with Gasteiger partial charge in [-0.2, -0.15) is 0 Å². The lowest BCUT2D eigenvalue weighted by Gasteiger charge is -2.32. The number of unbranched alkanes of at least 4 members (excludes halogenated alkanes) is 2. The van der Waals surface area contributed by atoms with Crippen LogP contribution < -0.4 is 0 Å². The summed E-state index contributed by atoms with van der Waals surface area (Å²) in [5, 5.41) is 0. The van der Waals surface area contributed by atoms with Gasteiger partial charge in [0.15, 0.2) is 12.6 Å². The van der Waals surface area contributed by atoms with Crippen LogP contribution in [0.2, 0.25) is 0 Å². The molecule has 0 unspecified atom stereocenters. The zero-order valence-electron chi connectivity index (χ0n) is 15.6. The van der Waals surface area contributed by atoms with Gasteiger partial charge in [0.1, 0.15) is 0 Å². The molecule has 0 aromatic rings. The molecule has 0 saturated carbocycles. The summed E-state index contributed by atoms with van der Waals surface area (Å²) >= 11 is 0. The Morgan fingerprint density at radius 3 is 1.92 bits per heavy atom. The molecule has 4 heteroatoms. The summed E-state index contributed by atoms with van der Waals surface area (Å²) in [7, 11) is 0. The largest absolute Gasteiger partial charge is 0.352 e. The predicted molar refractivity (Wildman–Crippen MR) is 95.8 cm³/mol. The first-order chi connectivity index (χ1) is 11.8. The minimum Gasteiger partial charge on any atom is -0.352 e. The Kier molecular flexibility index (Phi) is 9.96. The SMILES string of the molecule is C/C=C/CCC1COC(CC[C@H]2CO[C@H](CCCCC)OC2)OC1. The predicted octanol–water partition coefficient (Wildman–Crippen LogP) is 4.68. The highest BCUT2D eigenvalue weighted by Crippen LogP contribution is 2.23. The molecule has 4 nitrogen and oxygen atoms in total. The fourth-order valence-electron chi connectivity index (χ4n) is 3.26. The van der Waals surface area contributed by atoms with Gasteiger partial charge in [0, 0.05) is 11.8 Å². The van der Waals surface area contributed by atoms with Crippen molar-refractivity contribution in [3.05, 3.63) is 12.2 Å². The third-order valence-electron chi connectivity index (χ3n) is 4.90. The average molecular weight is 341 g/mol. The second kappa shape index (κ2) is 12.0. The molecule has 2 rings (SSSR count). The normalized spacial score (nSPS) is 31.6. The van der Waals surface area contributed by atoms with Crippen molar-refractivity contribution in [2.75, 3.05) is 26.4 Å². The van der Waals surface area contributed by atoms with Gasteiger partial charge >= 0.3 is 0 Å². The molecule has 0 bridgehead atoms. The molecule has 0 spiro atoms. The second-order valence-corrected chi connectivity index (χ2v) is 7.14. The molecule has 0 aliphatic carbocycles. The Morgan fingerprint density at radius 1 is 0.750 bits per heavy atom. The highest BCUT2D eigenvalue weighted by atomic mass is 16.7. The third kappa shape index (κ3) is 7.64. The van der Waals surface area contributed by atoms with Crippen molar-refractivity contribution in [2.45, 2.75) is 77.8 Å². The summed E-state index contributed by atoms with van der Waals surface area (Å²) in [6, 6.07) is 0. The van der Waals surface area contributed by atoms with E-state index in [4.69, 9.17) is 18.9 Å². The van der Waals surface area contributed by atoms with E-state index in [1.165, 1.54) is 19.3 Å². The Balaban J connectivity index is 1.51. The van der Waals surface area contributed by atoms with Crippen molar-refractivity contribution < 1.29 is 18.9 Å². The summed E-state index contributed by atoms with van der Waals surface area (Å²) in [6.45, 7) is 7.58. The van der Waals surface area contributed by atoms with Gasteiger partial charge in [0.25, 0.3) is 0 Å². The summed E-state index contributed by atoms with van der Waals surface area (Å²) in [5.74, 6) is 1.02. The molecule has 0 N–H and O–H groups in total. The van der Waals surface area contributed by atoms with Crippen LogP contribution in [-0.4, -0.2) is 39.0 Å². The molecule has 0 aromatic carbocycles. The molecule has 2 saturated heterocycles. The standard InChI is InChI=1S/C20H36O4/c1-3-5-7-9-17-13-23-20(24-14-17)12-11-18-15-21-19(22-16-18)10-8-6-4-2/h3,5,17-20H,4,6-16H2,1-2H3/b5-3+/t17?,18-,19-,20?. The van der Waals surface area contributed by atoms with Gasteiger partial charge in [-0.05, 0) is 45.4 Å². The molecule has 0 radical (unpaired) electrons. The number of hydrogen-bond donors (Lipinski definition) is 0. The van der Waals surface area contributed by atoms with Crippen LogP contribution in [0.25, 0.3) is 0 Å². The number of allylic oxidation sites excluding steroid dienone is 2. The van der Waals surface area contributed by atoms with E-state index in [1.54, 1.807) is 0 Å². The zero-order chi connectivity index (χ0) is 17.0. The molecule has 0 amide bonds. The smallest absolute Gasteiger partial charge is 0.157 e. The fraction of sp³-hybridized carbons (Fsp3) is 0.900. The van der Waals surface area contributed by atoms with E-state index in [9.17, 15) is 0 Å². The van der Waals surface area contributed by atoms with Crippen LogP contribution >= 0.6 is 0 Å². The van der Waals surface area contributed by atoms with E-state index in [0.717, 1.165) is 58.5 Å². The van der Waals surface area contributed by atoms with E-state index in [-0.39, 0.29) is 12.6 Å². The van der Waals surface area contributed by atoms with Crippen LogP contribution in [0.4, 0.5) is 0 Å². The van der Waals surface area contributed by atoms with E-state index < -0.39 is 0 Å². The first-order valence-corrected chi connectivity index (χ1v) is 9.89. The van der Waals surface area contributed by atoms with Crippen molar-refractivity contribution >= 4 is 0 Å². The maximum atomic E-state index is 5.87. The number of hydrogen-bond acceptors (Lipinski definition) is 4. The van der Waals surface area contributed by atoms with E-state index >= 15 is 0 Å². The highest BCUT2D eigenvalue weighted by molar-refractivity contribution is 4.78. The summed E-state index contributed by atoms with van der Waals surface area (Å²) in [6.07, 6.45) is 13.3. The van der Waals surface area contributed by atoms with Gasteiger partial charge in [-0.1, -0.05) is 31.9 Å². The van der Waals surface area contributed by atoms with Crippen molar-refractivity contribution in [3.8, 4) is 0 Å². The Hall–Kier alpha value is -0.420. The first-order valence-electron chi connectivity index (χ1n) is 9.89. The maximum absolute atomic E-state index is 5.87.